The Hall–Kier alpha value is -3.67. The van der Waals surface area contributed by atoms with E-state index in [2.05, 4.69) is 27.6 Å². The minimum atomic E-state index is -0.0739. The maximum absolute atomic E-state index is 12.3. The predicted octanol–water partition coefficient (Wildman–Crippen LogP) is 3.03. The van der Waals surface area contributed by atoms with Crippen LogP contribution in [-0.4, -0.2) is 32.0 Å². The summed E-state index contributed by atoms with van der Waals surface area (Å²) in [7, 11) is 0. The highest BCUT2D eigenvalue weighted by Gasteiger charge is 2.06. The van der Waals surface area contributed by atoms with Gasteiger partial charge in [0.15, 0.2) is 0 Å². The Labute approximate surface area is 157 Å². The van der Waals surface area contributed by atoms with E-state index in [1.807, 2.05) is 65.6 Å². The standard InChI is InChI=1S/C21H19N5O/c27-21(18-5-9-20(10-6-18)26-16-2-13-24-26)22-14-11-17-3-7-19(8-4-17)25-15-1-12-23-25/h1-10,12-13,15-16H,11,14H2,(H,22,27). The van der Waals surface area contributed by atoms with Crippen LogP contribution in [0, 0.1) is 0 Å². The van der Waals surface area contributed by atoms with E-state index in [9.17, 15) is 4.79 Å². The molecule has 2 heterocycles. The molecule has 6 heteroatoms. The molecule has 1 amide bonds. The molecule has 2 aromatic carbocycles. The molecule has 4 rings (SSSR count). The number of hydrogen-bond donors (Lipinski definition) is 1. The second-order valence-corrected chi connectivity index (χ2v) is 6.12. The second kappa shape index (κ2) is 7.70. The van der Waals surface area contributed by atoms with E-state index in [0.717, 1.165) is 17.8 Å². The van der Waals surface area contributed by atoms with Crippen LogP contribution in [0.25, 0.3) is 11.4 Å². The summed E-state index contributed by atoms with van der Waals surface area (Å²) in [6.07, 6.45) is 8.03. The van der Waals surface area contributed by atoms with E-state index in [-0.39, 0.29) is 5.91 Å². The molecule has 0 saturated carbocycles. The summed E-state index contributed by atoms with van der Waals surface area (Å²) in [5.74, 6) is -0.0739. The van der Waals surface area contributed by atoms with Gasteiger partial charge < -0.3 is 5.32 Å². The van der Waals surface area contributed by atoms with Gasteiger partial charge in [-0.1, -0.05) is 12.1 Å². The lowest BCUT2D eigenvalue weighted by atomic mass is 10.1. The van der Waals surface area contributed by atoms with Crippen LogP contribution < -0.4 is 5.32 Å². The van der Waals surface area contributed by atoms with Crippen molar-refractivity contribution in [3.63, 3.8) is 0 Å². The van der Waals surface area contributed by atoms with Crippen molar-refractivity contribution in [2.45, 2.75) is 6.42 Å². The van der Waals surface area contributed by atoms with Crippen molar-refractivity contribution in [3.8, 4) is 11.4 Å². The van der Waals surface area contributed by atoms with Gasteiger partial charge in [0.05, 0.1) is 11.4 Å². The molecule has 0 aliphatic carbocycles. The third-order valence-electron chi connectivity index (χ3n) is 4.30. The van der Waals surface area contributed by atoms with Gasteiger partial charge in [-0.2, -0.15) is 10.2 Å². The summed E-state index contributed by atoms with van der Waals surface area (Å²) in [5.41, 5.74) is 3.75. The lowest BCUT2D eigenvalue weighted by Gasteiger charge is -2.08. The zero-order valence-corrected chi connectivity index (χ0v) is 14.7. The number of amides is 1. The molecular formula is C21H19N5O. The Bertz CT molecular complexity index is 988. The van der Waals surface area contributed by atoms with Gasteiger partial charge in [-0.05, 0) is 60.5 Å². The second-order valence-electron chi connectivity index (χ2n) is 6.12. The molecule has 0 fully saturated rings. The molecule has 0 aliphatic heterocycles. The van der Waals surface area contributed by atoms with Gasteiger partial charge in [-0.15, -0.1) is 0 Å². The fraction of sp³-hybridized carbons (Fsp3) is 0.0952. The zero-order valence-electron chi connectivity index (χ0n) is 14.7. The van der Waals surface area contributed by atoms with E-state index in [4.69, 9.17) is 0 Å². The smallest absolute Gasteiger partial charge is 0.251 e. The monoisotopic (exact) mass is 357 g/mol. The topological polar surface area (TPSA) is 64.7 Å². The third kappa shape index (κ3) is 3.95. The van der Waals surface area contributed by atoms with E-state index >= 15 is 0 Å². The van der Waals surface area contributed by atoms with Gasteiger partial charge in [0, 0.05) is 36.9 Å². The van der Waals surface area contributed by atoms with Crippen LogP contribution in [-0.2, 0) is 6.42 Å². The first-order valence-electron chi connectivity index (χ1n) is 8.77. The Morgan fingerprint density at radius 2 is 1.37 bits per heavy atom. The van der Waals surface area contributed by atoms with E-state index in [1.54, 1.807) is 17.1 Å². The van der Waals surface area contributed by atoms with Crippen LogP contribution in [0.15, 0.2) is 85.5 Å². The molecule has 0 saturated heterocycles. The zero-order chi connectivity index (χ0) is 18.5. The van der Waals surface area contributed by atoms with Crippen LogP contribution in [0.5, 0.6) is 0 Å². The number of carbonyl (C=O) groups is 1. The number of carbonyl (C=O) groups excluding carboxylic acids is 1. The Morgan fingerprint density at radius 1 is 0.815 bits per heavy atom. The molecule has 0 unspecified atom stereocenters. The Balaban J connectivity index is 1.30. The summed E-state index contributed by atoms with van der Waals surface area (Å²) in [5, 5.41) is 11.4. The highest BCUT2D eigenvalue weighted by Crippen LogP contribution is 2.10. The SMILES string of the molecule is O=C(NCCc1ccc(-n2cccn2)cc1)c1ccc(-n2cccn2)cc1. The van der Waals surface area contributed by atoms with Crippen molar-refractivity contribution in [3.05, 3.63) is 96.6 Å². The molecule has 0 aliphatic rings. The maximum Gasteiger partial charge on any atom is 0.251 e. The first-order chi connectivity index (χ1) is 13.3. The van der Waals surface area contributed by atoms with Crippen molar-refractivity contribution in [2.24, 2.45) is 0 Å². The fourth-order valence-corrected chi connectivity index (χ4v) is 2.85. The number of rotatable bonds is 6. The van der Waals surface area contributed by atoms with Crippen molar-refractivity contribution < 1.29 is 4.79 Å². The lowest BCUT2D eigenvalue weighted by Crippen LogP contribution is -2.25. The van der Waals surface area contributed by atoms with Crippen LogP contribution in [0.2, 0.25) is 0 Å². The molecule has 27 heavy (non-hydrogen) atoms. The molecule has 0 spiro atoms. The Kier molecular flexibility index (Phi) is 4.78. The first kappa shape index (κ1) is 16.8. The van der Waals surface area contributed by atoms with E-state index in [1.165, 1.54) is 5.56 Å². The summed E-state index contributed by atoms with van der Waals surface area (Å²) >= 11 is 0. The van der Waals surface area contributed by atoms with Crippen LogP contribution >= 0.6 is 0 Å². The highest BCUT2D eigenvalue weighted by atomic mass is 16.1. The van der Waals surface area contributed by atoms with Gasteiger partial charge >= 0.3 is 0 Å². The molecule has 6 nitrogen and oxygen atoms in total. The molecular weight excluding hydrogens is 338 g/mol. The molecule has 2 aromatic heterocycles. The van der Waals surface area contributed by atoms with Gasteiger partial charge in [0.25, 0.3) is 5.91 Å². The number of aromatic nitrogens is 4. The van der Waals surface area contributed by atoms with Crippen LogP contribution in [0.4, 0.5) is 0 Å². The number of benzene rings is 2. The molecule has 0 atom stereocenters. The van der Waals surface area contributed by atoms with Gasteiger partial charge in [0.2, 0.25) is 0 Å². The fourth-order valence-electron chi connectivity index (χ4n) is 2.85. The normalized spacial score (nSPS) is 10.7. The average Bonchev–Trinajstić information content (AvgIpc) is 3.43. The number of nitrogens with one attached hydrogen (secondary N) is 1. The van der Waals surface area contributed by atoms with Crippen LogP contribution in [0.3, 0.4) is 0 Å². The van der Waals surface area contributed by atoms with E-state index in [0.29, 0.717) is 12.1 Å². The molecule has 0 radical (unpaired) electrons. The lowest BCUT2D eigenvalue weighted by molar-refractivity contribution is 0.0954. The third-order valence-corrected chi connectivity index (χ3v) is 4.30. The molecule has 4 aromatic rings. The molecule has 0 bridgehead atoms. The molecule has 1 N–H and O–H groups in total. The Morgan fingerprint density at radius 3 is 1.89 bits per heavy atom. The minimum absolute atomic E-state index is 0.0739. The quantitative estimate of drug-likeness (QED) is 0.577. The van der Waals surface area contributed by atoms with Gasteiger partial charge in [-0.3, -0.25) is 4.79 Å². The minimum Gasteiger partial charge on any atom is -0.352 e. The van der Waals surface area contributed by atoms with Crippen LogP contribution in [0.1, 0.15) is 15.9 Å². The summed E-state index contributed by atoms with van der Waals surface area (Å²) in [4.78, 5) is 12.3. The number of nitrogens with zero attached hydrogens (tertiary/aromatic N) is 4. The summed E-state index contributed by atoms with van der Waals surface area (Å²) < 4.78 is 3.58. The van der Waals surface area contributed by atoms with E-state index < -0.39 is 0 Å². The first-order valence-corrected chi connectivity index (χ1v) is 8.77. The average molecular weight is 357 g/mol. The summed E-state index contributed by atoms with van der Waals surface area (Å²) in [6.45, 7) is 0.584. The summed E-state index contributed by atoms with van der Waals surface area (Å²) in [6, 6.07) is 19.3. The van der Waals surface area contributed by atoms with Crippen molar-refractivity contribution in [1.82, 2.24) is 24.9 Å². The van der Waals surface area contributed by atoms with Gasteiger partial charge in [-0.25, -0.2) is 9.36 Å². The highest BCUT2D eigenvalue weighted by molar-refractivity contribution is 5.94. The molecule has 134 valence electrons. The van der Waals surface area contributed by atoms with Gasteiger partial charge in [0.1, 0.15) is 0 Å². The van der Waals surface area contributed by atoms with Crippen molar-refractivity contribution in [2.75, 3.05) is 6.54 Å². The largest absolute Gasteiger partial charge is 0.352 e. The predicted molar refractivity (Wildman–Crippen MR) is 103 cm³/mol. The van der Waals surface area contributed by atoms with Crippen molar-refractivity contribution in [1.29, 1.82) is 0 Å². The maximum atomic E-state index is 12.3. The van der Waals surface area contributed by atoms with Crippen molar-refractivity contribution >= 4 is 5.91 Å². The number of hydrogen-bond acceptors (Lipinski definition) is 3.